The molecular formula is C21H31N4O6+. The molecule has 1 heterocycles. The monoisotopic (exact) mass is 435 g/mol. The predicted octanol–water partition coefficient (Wildman–Crippen LogP) is 0.115. The fourth-order valence-corrected chi connectivity index (χ4v) is 2.70. The summed E-state index contributed by atoms with van der Waals surface area (Å²) in [6, 6.07) is 0.196. The summed E-state index contributed by atoms with van der Waals surface area (Å²) in [5, 5.41) is 14.4. The molecule has 1 saturated heterocycles. The van der Waals surface area contributed by atoms with Crippen LogP contribution in [0.25, 0.3) is 0 Å². The maximum atomic E-state index is 12.4. The maximum absolute atomic E-state index is 12.4. The highest BCUT2D eigenvalue weighted by Crippen LogP contribution is 2.09. The van der Waals surface area contributed by atoms with Crippen molar-refractivity contribution in [2.24, 2.45) is 0 Å². The van der Waals surface area contributed by atoms with E-state index in [9.17, 15) is 19.2 Å². The Morgan fingerprint density at radius 1 is 1.29 bits per heavy atom. The topological polar surface area (TPSA) is 125 Å². The van der Waals surface area contributed by atoms with Crippen LogP contribution in [0.5, 0.6) is 0 Å². The molecule has 3 N–H and O–H groups in total. The van der Waals surface area contributed by atoms with Crippen LogP contribution in [0.15, 0.2) is 49.5 Å². The normalized spacial score (nSPS) is 16.8. The van der Waals surface area contributed by atoms with Gasteiger partial charge in [0, 0.05) is 25.3 Å². The quantitative estimate of drug-likeness (QED) is 0.311. The molecule has 0 saturated carbocycles. The Hall–Kier alpha value is -3.08. The van der Waals surface area contributed by atoms with E-state index < -0.39 is 23.7 Å². The van der Waals surface area contributed by atoms with Crippen molar-refractivity contribution in [3.8, 4) is 0 Å². The molecule has 0 radical (unpaired) electrons. The number of carbonyl (C=O) groups excluding carboxylic acids is 3. The molecule has 3 amide bonds. The van der Waals surface area contributed by atoms with E-state index >= 15 is 0 Å². The molecule has 0 aromatic heterocycles. The molecule has 170 valence electrons. The number of nitrogens with zero attached hydrogens (tertiary/aromatic N) is 2. The van der Waals surface area contributed by atoms with Crippen LogP contribution in [0.2, 0.25) is 0 Å². The summed E-state index contributed by atoms with van der Waals surface area (Å²) in [7, 11) is 2.98. The summed E-state index contributed by atoms with van der Waals surface area (Å²) in [5.41, 5.74) is -0.0747. The molecule has 31 heavy (non-hydrogen) atoms. The summed E-state index contributed by atoms with van der Waals surface area (Å²) in [6.07, 6.45) is 6.79. The average molecular weight is 436 g/mol. The second-order valence-electron chi connectivity index (χ2n) is 7.35. The molecule has 1 atom stereocenters. The zero-order chi connectivity index (χ0) is 23.4. The molecule has 1 fully saturated rings. The van der Waals surface area contributed by atoms with Gasteiger partial charge in [-0.25, -0.2) is 14.1 Å². The van der Waals surface area contributed by atoms with E-state index in [1.54, 1.807) is 0 Å². The number of carbonyl (C=O) groups is 4. The number of morpholine rings is 1. The number of carboxylic acid groups (broad SMARTS) is 1. The van der Waals surface area contributed by atoms with Gasteiger partial charge in [-0.05, 0) is 18.9 Å². The standard InChI is InChI=1S/C21H30N4O6/c1-5-18(26)24(12-6-7-17-15-31-14-11-22-17)16(2)21(30)23-10-8-19(27)25(3,4)13-9-20(28)29/h5,8-10,13,17,22H,1-2,6-7,11-12,14-15H2,3-4H3,(H-,23,27,28,29,30)/p+1. The van der Waals surface area contributed by atoms with Gasteiger partial charge in [0.2, 0.25) is 0 Å². The summed E-state index contributed by atoms with van der Waals surface area (Å²) in [4.78, 5) is 48.6. The summed E-state index contributed by atoms with van der Waals surface area (Å²) in [6.45, 7) is 9.49. The van der Waals surface area contributed by atoms with Gasteiger partial charge in [0.25, 0.3) is 11.8 Å². The highest BCUT2D eigenvalue weighted by Gasteiger charge is 2.23. The smallest absolute Gasteiger partial charge is 0.344 e. The Balaban J connectivity index is 2.64. The largest absolute Gasteiger partial charge is 0.478 e. The third-order valence-corrected chi connectivity index (χ3v) is 4.56. The van der Waals surface area contributed by atoms with Crippen LogP contribution >= 0.6 is 0 Å². The van der Waals surface area contributed by atoms with E-state index in [2.05, 4.69) is 23.8 Å². The van der Waals surface area contributed by atoms with E-state index in [-0.39, 0.29) is 22.8 Å². The molecule has 0 bridgehead atoms. The van der Waals surface area contributed by atoms with E-state index in [0.717, 1.165) is 37.4 Å². The molecule has 0 aromatic rings. The zero-order valence-electron chi connectivity index (χ0n) is 18.0. The van der Waals surface area contributed by atoms with Crippen LogP contribution in [0.4, 0.5) is 0 Å². The Kier molecular flexibility index (Phi) is 10.5. The summed E-state index contributed by atoms with van der Waals surface area (Å²) >= 11 is 0. The van der Waals surface area contributed by atoms with Crippen molar-refractivity contribution < 1.29 is 33.5 Å². The zero-order valence-corrected chi connectivity index (χ0v) is 18.0. The van der Waals surface area contributed by atoms with E-state index in [4.69, 9.17) is 9.84 Å². The number of ether oxygens (including phenoxy) is 1. The number of hydrogen-bond donors (Lipinski definition) is 3. The number of carboxylic acids is 1. The molecule has 1 aliphatic heterocycles. The third kappa shape index (κ3) is 9.08. The lowest BCUT2D eigenvalue weighted by Gasteiger charge is -2.26. The molecule has 1 unspecified atom stereocenters. The predicted molar refractivity (Wildman–Crippen MR) is 114 cm³/mol. The molecule has 0 aliphatic carbocycles. The minimum atomic E-state index is -1.17. The first-order chi connectivity index (χ1) is 14.6. The first kappa shape index (κ1) is 26.0. The lowest BCUT2D eigenvalue weighted by atomic mass is 10.1. The van der Waals surface area contributed by atoms with Gasteiger partial charge in [0.1, 0.15) is 11.9 Å². The van der Waals surface area contributed by atoms with Gasteiger partial charge in [-0.2, -0.15) is 0 Å². The van der Waals surface area contributed by atoms with E-state index in [1.807, 2.05) is 0 Å². The summed E-state index contributed by atoms with van der Waals surface area (Å²) in [5.74, 6) is -2.74. The lowest BCUT2D eigenvalue weighted by molar-refractivity contribution is -0.756. The van der Waals surface area contributed by atoms with Crippen molar-refractivity contribution >= 4 is 23.7 Å². The number of aliphatic carboxylic acids is 1. The van der Waals surface area contributed by atoms with Crippen LogP contribution in [0, 0.1) is 0 Å². The maximum Gasteiger partial charge on any atom is 0.344 e. The molecule has 10 nitrogen and oxygen atoms in total. The van der Waals surface area contributed by atoms with Crippen LogP contribution in [-0.2, 0) is 23.9 Å². The van der Waals surface area contributed by atoms with Gasteiger partial charge in [-0.3, -0.25) is 9.59 Å². The van der Waals surface area contributed by atoms with Crippen molar-refractivity contribution in [1.29, 1.82) is 0 Å². The fourth-order valence-electron chi connectivity index (χ4n) is 2.70. The number of hydrogen-bond acceptors (Lipinski definition) is 6. The minimum absolute atomic E-state index is 0.0747. The highest BCUT2D eigenvalue weighted by molar-refractivity contribution is 6.00. The molecule has 10 heteroatoms. The van der Waals surface area contributed by atoms with Gasteiger partial charge >= 0.3 is 11.9 Å². The first-order valence-corrected chi connectivity index (χ1v) is 9.80. The second kappa shape index (κ2) is 12.6. The van der Waals surface area contributed by atoms with Crippen LogP contribution < -0.4 is 10.6 Å². The third-order valence-electron chi connectivity index (χ3n) is 4.56. The molecular weight excluding hydrogens is 404 g/mol. The highest BCUT2D eigenvalue weighted by atomic mass is 16.5. The van der Waals surface area contributed by atoms with E-state index in [1.165, 1.54) is 25.2 Å². The molecule has 0 spiro atoms. The lowest BCUT2D eigenvalue weighted by Crippen LogP contribution is -2.42. The Morgan fingerprint density at radius 2 is 2.00 bits per heavy atom. The Morgan fingerprint density at radius 3 is 2.58 bits per heavy atom. The van der Waals surface area contributed by atoms with Gasteiger partial charge in [-0.15, -0.1) is 0 Å². The average Bonchev–Trinajstić information content (AvgIpc) is 2.75. The molecule has 1 aliphatic rings. The van der Waals surface area contributed by atoms with Gasteiger partial charge in [0.15, 0.2) is 0 Å². The Labute approximate surface area is 182 Å². The van der Waals surface area contributed by atoms with Gasteiger partial charge in [-0.1, -0.05) is 13.2 Å². The van der Waals surface area contributed by atoms with Gasteiger partial charge in [0.05, 0.1) is 39.5 Å². The summed E-state index contributed by atoms with van der Waals surface area (Å²) < 4.78 is 5.04. The first-order valence-electron chi connectivity index (χ1n) is 9.80. The second-order valence-corrected chi connectivity index (χ2v) is 7.35. The van der Waals surface area contributed by atoms with Crippen molar-refractivity contribution in [3.63, 3.8) is 0 Å². The van der Waals surface area contributed by atoms with Crippen LogP contribution in [0.1, 0.15) is 12.8 Å². The number of quaternary nitrogens is 1. The molecule has 1 rings (SSSR count). The molecule has 0 aromatic carbocycles. The Bertz CT molecular complexity index is 766. The van der Waals surface area contributed by atoms with Crippen LogP contribution in [0.3, 0.4) is 0 Å². The van der Waals surface area contributed by atoms with Crippen molar-refractivity contribution in [2.75, 3.05) is 40.4 Å². The fraction of sp³-hybridized carbons (Fsp3) is 0.429. The van der Waals surface area contributed by atoms with Gasteiger partial charge < -0.3 is 25.4 Å². The van der Waals surface area contributed by atoms with Crippen molar-refractivity contribution in [1.82, 2.24) is 15.5 Å². The number of nitrogens with one attached hydrogen (secondary N) is 2. The number of likely N-dealkylation sites (N-methyl/N-ethyl adjacent to an activating group) is 1. The van der Waals surface area contributed by atoms with Crippen LogP contribution in [-0.4, -0.2) is 84.6 Å². The SMILES string of the molecule is C=CC(=O)N(CCCC1COCCN1)C(=C)C(=O)NC=CC(=O)[N+](C)(C)C=CC(=O)O. The van der Waals surface area contributed by atoms with Crippen molar-refractivity contribution in [3.05, 3.63) is 49.5 Å². The van der Waals surface area contributed by atoms with Crippen molar-refractivity contribution in [2.45, 2.75) is 18.9 Å². The number of rotatable bonds is 11. The number of amides is 3. The van der Waals surface area contributed by atoms with E-state index in [0.29, 0.717) is 19.6 Å². The minimum Gasteiger partial charge on any atom is -0.478 e.